The Balaban J connectivity index is 2.22. The van der Waals surface area contributed by atoms with E-state index in [4.69, 9.17) is 4.74 Å². The van der Waals surface area contributed by atoms with Crippen molar-refractivity contribution >= 4 is 5.91 Å². The van der Waals surface area contributed by atoms with E-state index in [0.717, 1.165) is 25.7 Å². The number of amides is 1. The van der Waals surface area contributed by atoms with Gasteiger partial charge in [0, 0.05) is 32.9 Å². The van der Waals surface area contributed by atoms with Crippen LogP contribution in [0.4, 0.5) is 0 Å². The van der Waals surface area contributed by atoms with E-state index in [1.807, 2.05) is 6.92 Å². The number of methoxy groups -OCH3 is 1. The third-order valence-electron chi connectivity index (χ3n) is 3.58. The molecule has 1 fully saturated rings. The van der Waals surface area contributed by atoms with Crippen LogP contribution in [-0.2, 0) is 9.53 Å². The number of carbonyl (C=O) groups excluding carboxylic acids is 1. The minimum absolute atomic E-state index is 0.0229. The summed E-state index contributed by atoms with van der Waals surface area (Å²) in [4.78, 5) is 11.8. The van der Waals surface area contributed by atoms with Gasteiger partial charge in [0.2, 0.25) is 5.91 Å². The lowest BCUT2D eigenvalue weighted by atomic mass is 10.0. The zero-order valence-electron chi connectivity index (χ0n) is 11.4. The van der Waals surface area contributed by atoms with Crippen LogP contribution in [0.15, 0.2) is 0 Å². The Kier molecular flexibility index (Phi) is 7.23. The maximum atomic E-state index is 11.8. The van der Waals surface area contributed by atoms with Crippen molar-refractivity contribution in [3.8, 4) is 0 Å². The SMILES string of the molecule is COCCCNC(=O)C(C)NC1CCCC1CO. The van der Waals surface area contributed by atoms with Crippen LogP contribution < -0.4 is 10.6 Å². The molecular formula is C13H26N2O3. The van der Waals surface area contributed by atoms with Crippen molar-refractivity contribution < 1.29 is 14.6 Å². The molecule has 0 aliphatic heterocycles. The van der Waals surface area contributed by atoms with Gasteiger partial charge in [0.25, 0.3) is 0 Å². The van der Waals surface area contributed by atoms with Crippen molar-refractivity contribution in [2.75, 3.05) is 26.9 Å². The van der Waals surface area contributed by atoms with Crippen LogP contribution >= 0.6 is 0 Å². The number of rotatable bonds is 8. The number of hydrogen-bond donors (Lipinski definition) is 3. The quantitative estimate of drug-likeness (QED) is 0.547. The monoisotopic (exact) mass is 258 g/mol. The van der Waals surface area contributed by atoms with Gasteiger partial charge in [-0.2, -0.15) is 0 Å². The molecule has 3 atom stereocenters. The standard InChI is InChI=1S/C13H26N2O3/c1-10(13(17)14-7-4-8-18-2)15-12-6-3-5-11(12)9-16/h10-12,15-16H,3-9H2,1-2H3,(H,14,17). The molecule has 1 rings (SSSR count). The topological polar surface area (TPSA) is 70.6 Å². The smallest absolute Gasteiger partial charge is 0.236 e. The predicted molar refractivity (Wildman–Crippen MR) is 70.3 cm³/mol. The molecule has 5 heteroatoms. The minimum atomic E-state index is -0.204. The molecule has 0 aromatic rings. The van der Waals surface area contributed by atoms with Crippen molar-refractivity contribution in [2.24, 2.45) is 5.92 Å². The molecule has 1 aliphatic rings. The van der Waals surface area contributed by atoms with Gasteiger partial charge in [0.1, 0.15) is 0 Å². The van der Waals surface area contributed by atoms with Crippen LogP contribution in [-0.4, -0.2) is 50.0 Å². The predicted octanol–water partition coefficient (Wildman–Crippen LogP) is 0.278. The third kappa shape index (κ3) is 4.92. The summed E-state index contributed by atoms with van der Waals surface area (Å²) in [6.07, 6.45) is 4.06. The fourth-order valence-electron chi connectivity index (χ4n) is 2.45. The first-order valence-corrected chi connectivity index (χ1v) is 6.82. The highest BCUT2D eigenvalue weighted by molar-refractivity contribution is 5.81. The highest BCUT2D eigenvalue weighted by Gasteiger charge is 2.28. The molecular weight excluding hydrogens is 232 g/mol. The lowest BCUT2D eigenvalue weighted by Crippen LogP contribution is -2.48. The average molecular weight is 258 g/mol. The molecule has 0 aromatic carbocycles. The second kappa shape index (κ2) is 8.45. The van der Waals surface area contributed by atoms with Gasteiger partial charge >= 0.3 is 0 Å². The molecule has 18 heavy (non-hydrogen) atoms. The molecule has 1 aliphatic carbocycles. The maximum absolute atomic E-state index is 11.8. The molecule has 0 bridgehead atoms. The Morgan fingerprint density at radius 1 is 1.50 bits per heavy atom. The third-order valence-corrected chi connectivity index (χ3v) is 3.58. The summed E-state index contributed by atoms with van der Waals surface area (Å²) in [6, 6.07) is 0.0689. The van der Waals surface area contributed by atoms with Crippen molar-refractivity contribution in [1.29, 1.82) is 0 Å². The lowest BCUT2D eigenvalue weighted by Gasteiger charge is -2.23. The second-order valence-corrected chi connectivity index (χ2v) is 5.01. The van der Waals surface area contributed by atoms with Crippen molar-refractivity contribution in [3.63, 3.8) is 0 Å². The van der Waals surface area contributed by atoms with Gasteiger partial charge in [0.05, 0.1) is 6.04 Å². The van der Waals surface area contributed by atoms with Crippen molar-refractivity contribution in [1.82, 2.24) is 10.6 Å². The summed E-state index contributed by atoms with van der Waals surface area (Å²) in [7, 11) is 1.65. The van der Waals surface area contributed by atoms with Crippen molar-refractivity contribution in [2.45, 2.75) is 44.7 Å². The molecule has 3 N–H and O–H groups in total. The number of aliphatic hydroxyl groups excluding tert-OH is 1. The second-order valence-electron chi connectivity index (χ2n) is 5.01. The Morgan fingerprint density at radius 3 is 2.94 bits per heavy atom. The van der Waals surface area contributed by atoms with E-state index in [-0.39, 0.29) is 24.6 Å². The van der Waals surface area contributed by atoms with Gasteiger partial charge < -0.3 is 20.5 Å². The van der Waals surface area contributed by atoms with Crippen LogP contribution in [0.5, 0.6) is 0 Å². The van der Waals surface area contributed by atoms with Gasteiger partial charge in [-0.1, -0.05) is 6.42 Å². The molecule has 0 heterocycles. The number of carbonyl (C=O) groups is 1. The van der Waals surface area contributed by atoms with E-state index >= 15 is 0 Å². The van der Waals surface area contributed by atoms with E-state index in [1.165, 1.54) is 0 Å². The molecule has 1 saturated carbocycles. The average Bonchev–Trinajstić information content (AvgIpc) is 2.81. The Bertz CT molecular complexity index is 248. The molecule has 5 nitrogen and oxygen atoms in total. The summed E-state index contributed by atoms with van der Waals surface area (Å²) >= 11 is 0. The van der Waals surface area contributed by atoms with Gasteiger partial charge in [-0.15, -0.1) is 0 Å². The fraction of sp³-hybridized carbons (Fsp3) is 0.923. The van der Waals surface area contributed by atoms with E-state index in [9.17, 15) is 9.90 Å². The Labute approximate surface area is 109 Å². The molecule has 1 amide bonds. The van der Waals surface area contributed by atoms with Gasteiger partial charge in [-0.25, -0.2) is 0 Å². The summed E-state index contributed by atoms with van der Waals surface area (Å²) in [5.74, 6) is 0.323. The lowest BCUT2D eigenvalue weighted by molar-refractivity contribution is -0.123. The first kappa shape index (κ1) is 15.4. The summed E-state index contributed by atoms with van der Waals surface area (Å²) in [5.41, 5.74) is 0. The zero-order valence-corrected chi connectivity index (χ0v) is 11.4. The normalized spacial score (nSPS) is 25.1. The van der Waals surface area contributed by atoms with Crippen LogP contribution in [0.1, 0.15) is 32.6 Å². The maximum Gasteiger partial charge on any atom is 0.236 e. The Morgan fingerprint density at radius 2 is 2.28 bits per heavy atom. The number of ether oxygens (including phenoxy) is 1. The van der Waals surface area contributed by atoms with E-state index < -0.39 is 0 Å². The molecule has 3 unspecified atom stereocenters. The first-order valence-electron chi connectivity index (χ1n) is 6.82. The van der Waals surface area contributed by atoms with Crippen LogP contribution in [0.3, 0.4) is 0 Å². The molecule has 106 valence electrons. The molecule has 0 saturated heterocycles. The van der Waals surface area contributed by atoms with E-state index in [0.29, 0.717) is 19.1 Å². The van der Waals surface area contributed by atoms with Crippen LogP contribution in [0.2, 0.25) is 0 Å². The van der Waals surface area contributed by atoms with E-state index in [2.05, 4.69) is 10.6 Å². The van der Waals surface area contributed by atoms with Gasteiger partial charge in [-0.05, 0) is 32.1 Å². The first-order chi connectivity index (χ1) is 8.69. The molecule has 0 spiro atoms. The summed E-state index contributed by atoms with van der Waals surface area (Å²) in [5, 5.41) is 15.4. The summed E-state index contributed by atoms with van der Waals surface area (Å²) < 4.78 is 4.93. The highest BCUT2D eigenvalue weighted by atomic mass is 16.5. The van der Waals surface area contributed by atoms with Crippen molar-refractivity contribution in [3.05, 3.63) is 0 Å². The molecule has 0 aromatic heterocycles. The van der Waals surface area contributed by atoms with Gasteiger partial charge in [-0.3, -0.25) is 4.79 Å². The van der Waals surface area contributed by atoms with E-state index in [1.54, 1.807) is 7.11 Å². The van der Waals surface area contributed by atoms with Crippen LogP contribution in [0, 0.1) is 5.92 Å². The highest BCUT2D eigenvalue weighted by Crippen LogP contribution is 2.25. The Hall–Kier alpha value is -0.650. The molecule has 0 radical (unpaired) electrons. The number of nitrogens with one attached hydrogen (secondary N) is 2. The van der Waals surface area contributed by atoms with Gasteiger partial charge in [0.15, 0.2) is 0 Å². The number of aliphatic hydroxyl groups is 1. The zero-order chi connectivity index (χ0) is 13.4. The number of hydrogen-bond acceptors (Lipinski definition) is 4. The fourth-order valence-corrected chi connectivity index (χ4v) is 2.45. The summed E-state index contributed by atoms with van der Waals surface area (Å²) in [6.45, 7) is 3.39. The van der Waals surface area contributed by atoms with Crippen LogP contribution in [0.25, 0.3) is 0 Å². The largest absolute Gasteiger partial charge is 0.396 e. The minimum Gasteiger partial charge on any atom is -0.396 e.